The Morgan fingerprint density at radius 1 is 0.745 bits per heavy atom. The van der Waals surface area contributed by atoms with Gasteiger partial charge in [0.05, 0.1) is 23.7 Å². The van der Waals surface area contributed by atoms with Crippen LogP contribution in [0.3, 0.4) is 0 Å². The number of rotatable bonds is 7. The van der Waals surface area contributed by atoms with E-state index in [1.165, 1.54) is 82.0 Å². The highest BCUT2D eigenvalue weighted by Crippen LogP contribution is 2.49. The quantitative estimate of drug-likeness (QED) is 0.177. The number of nitrogens with zero attached hydrogens (tertiary/aromatic N) is 1. The van der Waals surface area contributed by atoms with Crippen LogP contribution in [0, 0.1) is 0 Å². The summed E-state index contributed by atoms with van der Waals surface area (Å²) in [5.74, 6) is 0. The van der Waals surface area contributed by atoms with Crippen molar-refractivity contribution in [1.82, 2.24) is 9.88 Å². The second-order valence-electron chi connectivity index (χ2n) is 13.1. The number of aromatic nitrogens is 1. The molecule has 0 radical (unpaired) electrons. The van der Waals surface area contributed by atoms with Crippen LogP contribution < -0.4 is 11.1 Å². The maximum Gasteiger partial charge on any atom is 0.0739 e. The van der Waals surface area contributed by atoms with Crippen LogP contribution in [-0.2, 0) is 12.1 Å². The van der Waals surface area contributed by atoms with E-state index in [4.69, 9.17) is 5.73 Å². The normalized spacial score (nSPS) is 15.3. The topological polar surface area (TPSA) is 43.0 Å². The SMILES string of the molecule is C=CC1=C(/C=C\C)c2cc3c4ccccc4n(CNC(/C=C\N)c4ccc5c6ccccc6c6ccccc6c5c4)c3cc2C1(C)C. The molecule has 0 fully saturated rings. The van der Waals surface area contributed by atoms with Gasteiger partial charge in [-0.2, -0.15) is 0 Å². The van der Waals surface area contributed by atoms with Crippen LogP contribution in [0.25, 0.3) is 59.7 Å². The van der Waals surface area contributed by atoms with Crippen LogP contribution in [0.1, 0.15) is 43.5 Å². The second-order valence-corrected chi connectivity index (χ2v) is 13.1. The van der Waals surface area contributed by atoms with E-state index in [1.807, 2.05) is 6.08 Å². The molecule has 1 heterocycles. The van der Waals surface area contributed by atoms with Crippen LogP contribution in [0.5, 0.6) is 0 Å². The first kappa shape index (κ1) is 29.1. The Kier molecular flexibility index (Phi) is 6.89. The lowest BCUT2D eigenvalue weighted by Gasteiger charge is -2.23. The van der Waals surface area contributed by atoms with E-state index in [0.717, 1.165) is 0 Å². The molecule has 7 aromatic rings. The van der Waals surface area contributed by atoms with Crippen molar-refractivity contribution < 1.29 is 0 Å². The summed E-state index contributed by atoms with van der Waals surface area (Å²) < 4.78 is 2.42. The van der Waals surface area contributed by atoms with Crippen LogP contribution in [0.15, 0.2) is 146 Å². The van der Waals surface area contributed by atoms with Crippen LogP contribution in [-0.4, -0.2) is 4.57 Å². The number of hydrogen-bond donors (Lipinski definition) is 2. The molecule has 3 heteroatoms. The van der Waals surface area contributed by atoms with Gasteiger partial charge in [-0.3, -0.25) is 5.32 Å². The van der Waals surface area contributed by atoms with Crippen molar-refractivity contribution in [3.63, 3.8) is 0 Å². The molecular weight excluding hydrogens is 571 g/mol. The largest absolute Gasteiger partial charge is 0.405 e. The van der Waals surface area contributed by atoms with Gasteiger partial charge >= 0.3 is 0 Å². The van der Waals surface area contributed by atoms with Crippen LogP contribution in [0.4, 0.5) is 0 Å². The number of para-hydroxylation sites is 1. The highest BCUT2D eigenvalue weighted by Gasteiger charge is 2.36. The molecule has 1 unspecified atom stereocenters. The first-order valence-corrected chi connectivity index (χ1v) is 16.5. The molecule has 1 aliphatic rings. The summed E-state index contributed by atoms with van der Waals surface area (Å²) in [5, 5.41) is 14.0. The van der Waals surface area contributed by atoms with E-state index >= 15 is 0 Å². The molecule has 1 aliphatic carbocycles. The predicted octanol–water partition coefficient (Wildman–Crippen LogP) is 10.8. The summed E-state index contributed by atoms with van der Waals surface area (Å²) in [5.41, 5.74) is 14.7. The molecule has 0 spiro atoms. The summed E-state index contributed by atoms with van der Waals surface area (Å²) in [6.45, 7) is 11.5. The Bertz CT molecular complexity index is 2450. The fourth-order valence-corrected chi connectivity index (χ4v) is 8.06. The monoisotopic (exact) mass is 609 g/mol. The van der Waals surface area contributed by atoms with Gasteiger partial charge in [0.2, 0.25) is 0 Å². The second kappa shape index (κ2) is 11.2. The number of benzene rings is 6. The summed E-state index contributed by atoms with van der Waals surface area (Å²) in [6.07, 6.45) is 10.1. The highest BCUT2D eigenvalue weighted by molar-refractivity contribution is 6.25. The fourth-order valence-electron chi connectivity index (χ4n) is 8.06. The zero-order valence-electron chi connectivity index (χ0n) is 27.2. The van der Waals surface area contributed by atoms with Crippen molar-refractivity contribution in [2.75, 3.05) is 0 Å². The van der Waals surface area contributed by atoms with Crippen molar-refractivity contribution in [3.8, 4) is 0 Å². The Labute approximate surface area is 276 Å². The predicted molar refractivity (Wildman–Crippen MR) is 203 cm³/mol. The third-order valence-electron chi connectivity index (χ3n) is 10.3. The van der Waals surface area contributed by atoms with Crippen molar-refractivity contribution in [2.24, 2.45) is 5.73 Å². The smallest absolute Gasteiger partial charge is 0.0739 e. The minimum Gasteiger partial charge on any atom is -0.405 e. The van der Waals surface area contributed by atoms with Gasteiger partial charge in [-0.05, 0) is 104 Å². The molecule has 0 amide bonds. The van der Waals surface area contributed by atoms with Gasteiger partial charge < -0.3 is 10.3 Å². The minimum atomic E-state index is -0.141. The molecule has 47 heavy (non-hydrogen) atoms. The Morgan fingerprint density at radius 2 is 1.36 bits per heavy atom. The lowest BCUT2D eigenvalue weighted by molar-refractivity contribution is 0.536. The van der Waals surface area contributed by atoms with Gasteiger partial charge in [-0.25, -0.2) is 0 Å². The Hall–Kier alpha value is -5.38. The van der Waals surface area contributed by atoms with Gasteiger partial charge in [-0.15, -0.1) is 0 Å². The van der Waals surface area contributed by atoms with Crippen LogP contribution in [0.2, 0.25) is 0 Å². The fraction of sp³-hybridized carbons (Fsp3) is 0.136. The molecule has 230 valence electrons. The van der Waals surface area contributed by atoms with E-state index in [1.54, 1.807) is 6.20 Å². The zero-order valence-corrected chi connectivity index (χ0v) is 27.2. The van der Waals surface area contributed by atoms with E-state index < -0.39 is 0 Å². The molecule has 1 aromatic heterocycles. The number of nitrogens with one attached hydrogen (secondary N) is 1. The molecule has 1 atom stereocenters. The van der Waals surface area contributed by atoms with E-state index in [-0.39, 0.29) is 11.5 Å². The van der Waals surface area contributed by atoms with Crippen molar-refractivity contribution >= 4 is 59.7 Å². The van der Waals surface area contributed by atoms with Crippen molar-refractivity contribution in [2.45, 2.75) is 38.9 Å². The molecule has 3 nitrogen and oxygen atoms in total. The number of nitrogens with two attached hydrogens (primary N) is 1. The molecule has 0 bridgehead atoms. The van der Waals surface area contributed by atoms with E-state index in [9.17, 15) is 0 Å². The van der Waals surface area contributed by atoms with Crippen molar-refractivity contribution in [3.05, 3.63) is 162 Å². The molecule has 0 aliphatic heterocycles. The minimum absolute atomic E-state index is 0.0768. The van der Waals surface area contributed by atoms with Crippen molar-refractivity contribution in [1.29, 1.82) is 0 Å². The van der Waals surface area contributed by atoms with E-state index in [0.29, 0.717) is 6.67 Å². The third kappa shape index (κ3) is 4.38. The molecule has 8 rings (SSSR count). The highest BCUT2D eigenvalue weighted by atomic mass is 15.1. The first-order valence-electron chi connectivity index (χ1n) is 16.5. The standard InChI is InChI=1S/C44H39N3/c1-5-13-34-37-25-38-35-18-11-12-19-42(35)47(43(38)26-40(37)44(3,4)39(34)6-2)27-46-41(22-23-45)28-20-21-33-31-16-8-7-14-29(31)30-15-9-10-17-32(30)36(33)24-28/h5-26,41,46H,2,27,45H2,1,3-4H3/b13-5-,23-22-. The summed E-state index contributed by atoms with van der Waals surface area (Å²) >= 11 is 0. The molecular formula is C44H39N3. The van der Waals surface area contributed by atoms with Gasteiger partial charge in [0.15, 0.2) is 0 Å². The summed E-state index contributed by atoms with van der Waals surface area (Å²) in [6, 6.07) is 37.8. The maximum atomic E-state index is 6.08. The van der Waals surface area contributed by atoms with Gasteiger partial charge in [-0.1, -0.05) is 118 Å². The van der Waals surface area contributed by atoms with E-state index in [2.05, 4.69) is 159 Å². The van der Waals surface area contributed by atoms with Gasteiger partial charge in [0, 0.05) is 16.2 Å². The molecule has 6 aromatic carbocycles. The zero-order chi connectivity index (χ0) is 32.3. The first-order chi connectivity index (χ1) is 23.0. The Morgan fingerprint density at radius 3 is 2.00 bits per heavy atom. The maximum absolute atomic E-state index is 6.08. The third-order valence-corrected chi connectivity index (χ3v) is 10.3. The summed E-state index contributed by atoms with van der Waals surface area (Å²) in [7, 11) is 0. The lowest BCUT2D eigenvalue weighted by Crippen LogP contribution is -2.23. The Balaban J connectivity index is 1.25. The number of hydrogen-bond acceptors (Lipinski definition) is 2. The lowest BCUT2D eigenvalue weighted by atomic mass is 9.81. The average molecular weight is 610 g/mol. The summed E-state index contributed by atoms with van der Waals surface area (Å²) in [4.78, 5) is 0. The van der Waals surface area contributed by atoms with Crippen LogP contribution >= 0.6 is 0 Å². The number of allylic oxidation sites excluding steroid dienone is 5. The van der Waals surface area contributed by atoms with Gasteiger partial charge in [0.1, 0.15) is 0 Å². The number of fused-ring (bicyclic) bond motifs is 10. The molecule has 3 N–H and O–H groups in total. The van der Waals surface area contributed by atoms with Gasteiger partial charge in [0.25, 0.3) is 0 Å². The molecule has 0 saturated heterocycles. The molecule has 0 saturated carbocycles. The average Bonchev–Trinajstić information content (AvgIpc) is 3.52.